The van der Waals surface area contributed by atoms with E-state index in [1.165, 1.54) is 0 Å². The summed E-state index contributed by atoms with van der Waals surface area (Å²) < 4.78 is 0. The van der Waals surface area contributed by atoms with E-state index in [0.717, 1.165) is 12.1 Å². The average molecular weight is 235 g/mol. The fourth-order valence-corrected chi connectivity index (χ4v) is 1.80. The van der Waals surface area contributed by atoms with Gasteiger partial charge in [0.1, 0.15) is 0 Å². The van der Waals surface area contributed by atoms with Crippen LogP contribution < -0.4 is 11.1 Å². The number of rotatable bonds is 5. The molecule has 0 saturated heterocycles. The van der Waals surface area contributed by atoms with E-state index < -0.39 is 0 Å². The Balaban J connectivity index is 2.63. The standard InChI is InChI=1S/C13H21N3O/c1-9(2)6-10(3)16-13(17)11-4-5-15-12(7-11)8-14/h4-5,7,9-10H,6,8,14H2,1-3H3,(H,16,17). The number of pyridine rings is 1. The van der Waals surface area contributed by atoms with E-state index in [4.69, 9.17) is 5.73 Å². The van der Waals surface area contributed by atoms with Gasteiger partial charge >= 0.3 is 0 Å². The van der Waals surface area contributed by atoms with Crippen LogP contribution in [0.3, 0.4) is 0 Å². The summed E-state index contributed by atoms with van der Waals surface area (Å²) in [5.74, 6) is 0.512. The zero-order valence-corrected chi connectivity index (χ0v) is 10.7. The second-order valence-corrected chi connectivity index (χ2v) is 4.74. The Morgan fingerprint density at radius 1 is 1.47 bits per heavy atom. The number of nitrogens with two attached hydrogens (primary N) is 1. The molecule has 94 valence electrons. The molecule has 1 amide bonds. The highest BCUT2D eigenvalue weighted by Gasteiger charge is 2.11. The molecule has 3 N–H and O–H groups in total. The van der Waals surface area contributed by atoms with Crippen molar-refractivity contribution < 1.29 is 4.79 Å². The first-order valence-corrected chi connectivity index (χ1v) is 5.98. The third kappa shape index (κ3) is 4.53. The van der Waals surface area contributed by atoms with Gasteiger partial charge in [0.05, 0.1) is 5.69 Å². The number of carbonyl (C=O) groups excluding carboxylic acids is 1. The summed E-state index contributed by atoms with van der Waals surface area (Å²) in [7, 11) is 0. The lowest BCUT2D eigenvalue weighted by atomic mass is 10.0. The van der Waals surface area contributed by atoms with E-state index in [1.54, 1.807) is 18.3 Å². The van der Waals surface area contributed by atoms with Gasteiger partial charge in [0.2, 0.25) is 0 Å². The molecule has 1 unspecified atom stereocenters. The van der Waals surface area contributed by atoms with Gasteiger partial charge in [0, 0.05) is 24.3 Å². The average Bonchev–Trinajstić information content (AvgIpc) is 2.27. The van der Waals surface area contributed by atoms with E-state index in [2.05, 4.69) is 24.1 Å². The zero-order valence-electron chi connectivity index (χ0n) is 10.7. The molecule has 1 rings (SSSR count). The second kappa shape index (κ2) is 6.35. The second-order valence-electron chi connectivity index (χ2n) is 4.74. The van der Waals surface area contributed by atoms with Crippen molar-refractivity contribution in [3.8, 4) is 0 Å². The van der Waals surface area contributed by atoms with Crippen LogP contribution in [-0.4, -0.2) is 16.9 Å². The van der Waals surface area contributed by atoms with Crippen molar-refractivity contribution in [2.24, 2.45) is 11.7 Å². The molecule has 1 heterocycles. The molecule has 0 bridgehead atoms. The lowest BCUT2D eigenvalue weighted by molar-refractivity contribution is 0.0936. The molecule has 0 aliphatic heterocycles. The molecule has 0 aliphatic rings. The molecule has 17 heavy (non-hydrogen) atoms. The summed E-state index contributed by atoms with van der Waals surface area (Å²) >= 11 is 0. The van der Waals surface area contributed by atoms with Crippen molar-refractivity contribution in [2.45, 2.75) is 39.8 Å². The minimum absolute atomic E-state index is 0.0600. The van der Waals surface area contributed by atoms with Gasteiger partial charge in [0.25, 0.3) is 5.91 Å². The molecule has 0 spiro atoms. The van der Waals surface area contributed by atoms with Gasteiger partial charge in [0.15, 0.2) is 0 Å². The number of nitrogens with zero attached hydrogens (tertiary/aromatic N) is 1. The Hall–Kier alpha value is -1.42. The number of nitrogens with one attached hydrogen (secondary N) is 1. The minimum Gasteiger partial charge on any atom is -0.350 e. The molecular formula is C13H21N3O. The van der Waals surface area contributed by atoms with Crippen LogP contribution >= 0.6 is 0 Å². The Bertz CT molecular complexity index is 377. The third-order valence-electron chi connectivity index (χ3n) is 2.49. The molecule has 4 heteroatoms. The fraction of sp³-hybridized carbons (Fsp3) is 0.538. The largest absolute Gasteiger partial charge is 0.350 e. The predicted molar refractivity (Wildman–Crippen MR) is 68.5 cm³/mol. The Labute approximate surface area is 103 Å². The molecule has 0 radical (unpaired) electrons. The molecular weight excluding hydrogens is 214 g/mol. The van der Waals surface area contributed by atoms with Crippen LogP contribution in [0.5, 0.6) is 0 Å². The van der Waals surface area contributed by atoms with Gasteiger partial charge in [-0.1, -0.05) is 13.8 Å². The number of hydrogen-bond donors (Lipinski definition) is 2. The SMILES string of the molecule is CC(C)CC(C)NC(=O)c1ccnc(CN)c1. The van der Waals surface area contributed by atoms with Gasteiger partial charge in [-0.15, -0.1) is 0 Å². The molecule has 0 saturated carbocycles. The molecule has 0 aromatic carbocycles. The third-order valence-corrected chi connectivity index (χ3v) is 2.49. The van der Waals surface area contributed by atoms with Crippen molar-refractivity contribution in [3.63, 3.8) is 0 Å². The first kappa shape index (κ1) is 13.6. The van der Waals surface area contributed by atoms with Crippen molar-refractivity contribution in [3.05, 3.63) is 29.6 Å². The molecule has 1 aromatic heterocycles. The van der Waals surface area contributed by atoms with Crippen LogP contribution in [0.4, 0.5) is 0 Å². The van der Waals surface area contributed by atoms with Gasteiger partial charge in [-0.3, -0.25) is 9.78 Å². The van der Waals surface area contributed by atoms with Crippen LogP contribution in [-0.2, 0) is 6.54 Å². The Morgan fingerprint density at radius 3 is 2.76 bits per heavy atom. The van der Waals surface area contributed by atoms with Crippen molar-refractivity contribution in [2.75, 3.05) is 0 Å². The summed E-state index contributed by atoms with van der Waals surface area (Å²) in [6.07, 6.45) is 2.59. The van der Waals surface area contributed by atoms with E-state index in [0.29, 0.717) is 18.0 Å². The first-order chi connectivity index (χ1) is 8.02. The summed E-state index contributed by atoms with van der Waals surface area (Å²) in [4.78, 5) is 16.0. The summed E-state index contributed by atoms with van der Waals surface area (Å²) in [6, 6.07) is 3.62. The van der Waals surface area contributed by atoms with Crippen LogP contribution in [0.15, 0.2) is 18.3 Å². The molecule has 0 aliphatic carbocycles. The maximum atomic E-state index is 11.9. The molecule has 1 atom stereocenters. The van der Waals surface area contributed by atoms with E-state index >= 15 is 0 Å². The van der Waals surface area contributed by atoms with Crippen LogP contribution in [0.25, 0.3) is 0 Å². The normalized spacial score (nSPS) is 12.5. The van der Waals surface area contributed by atoms with E-state index in [9.17, 15) is 4.79 Å². The van der Waals surface area contributed by atoms with Gasteiger partial charge in [-0.25, -0.2) is 0 Å². The van der Waals surface area contributed by atoms with Gasteiger partial charge in [-0.2, -0.15) is 0 Å². The smallest absolute Gasteiger partial charge is 0.251 e. The fourth-order valence-electron chi connectivity index (χ4n) is 1.80. The maximum absolute atomic E-state index is 11.9. The lowest BCUT2D eigenvalue weighted by Gasteiger charge is -2.16. The zero-order chi connectivity index (χ0) is 12.8. The summed E-state index contributed by atoms with van der Waals surface area (Å²) in [6.45, 7) is 6.65. The van der Waals surface area contributed by atoms with Crippen LogP contribution in [0.2, 0.25) is 0 Å². The minimum atomic E-state index is -0.0600. The Kier molecular flexibility index (Phi) is 5.10. The first-order valence-electron chi connectivity index (χ1n) is 5.98. The predicted octanol–water partition coefficient (Wildman–Crippen LogP) is 1.70. The summed E-state index contributed by atoms with van der Waals surface area (Å²) in [5, 5.41) is 2.97. The topological polar surface area (TPSA) is 68.0 Å². The van der Waals surface area contributed by atoms with E-state index in [1.807, 2.05) is 6.92 Å². The highest BCUT2D eigenvalue weighted by Crippen LogP contribution is 2.06. The Morgan fingerprint density at radius 2 is 2.18 bits per heavy atom. The van der Waals surface area contributed by atoms with Crippen LogP contribution in [0.1, 0.15) is 43.2 Å². The van der Waals surface area contributed by atoms with Crippen LogP contribution in [0, 0.1) is 5.92 Å². The highest BCUT2D eigenvalue weighted by atomic mass is 16.1. The summed E-state index contributed by atoms with van der Waals surface area (Å²) in [5.41, 5.74) is 6.84. The number of aromatic nitrogens is 1. The highest BCUT2D eigenvalue weighted by molar-refractivity contribution is 5.94. The van der Waals surface area contributed by atoms with E-state index in [-0.39, 0.29) is 11.9 Å². The van der Waals surface area contributed by atoms with Crippen molar-refractivity contribution in [1.29, 1.82) is 0 Å². The lowest BCUT2D eigenvalue weighted by Crippen LogP contribution is -2.33. The quantitative estimate of drug-likeness (QED) is 0.816. The monoisotopic (exact) mass is 235 g/mol. The molecule has 1 aromatic rings. The van der Waals surface area contributed by atoms with Crippen molar-refractivity contribution >= 4 is 5.91 Å². The van der Waals surface area contributed by atoms with Gasteiger partial charge in [-0.05, 0) is 31.4 Å². The number of carbonyl (C=O) groups is 1. The number of amides is 1. The number of hydrogen-bond acceptors (Lipinski definition) is 3. The van der Waals surface area contributed by atoms with Gasteiger partial charge < -0.3 is 11.1 Å². The maximum Gasteiger partial charge on any atom is 0.251 e. The molecule has 4 nitrogen and oxygen atoms in total. The molecule has 0 fully saturated rings. The van der Waals surface area contributed by atoms with Crippen molar-refractivity contribution in [1.82, 2.24) is 10.3 Å².